The van der Waals surface area contributed by atoms with Gasteiger partial charge in [-0.1, -0.05) is 36.8 Å². The number of nitrogens with zero attached hydrogens (tertiary/aromatic N) is 2. The van der Waals surface area contributed by atoms with Gasteiger partial charge in [0, 0.05) is 37.2 Å². The van der Waals surface area contributed by atoms with Crippen LogP contribution in [0.3, 0.4) is 0 Å². The number of benzene rings is 1. The van der Waals surface area contributed by atoms with Crippen LogP contribution in [0, 0.1) is 12.3 Å². The largest absolute Gasteiger partial charge is 0.362 e. The Morgan fingerprint density at radius 3 is 2.44 bits per heavy atom. The summed E-state index contributed by atoms with van der Waals surface area (Å²) in [6.45, 7) is 4.31. The maximum Gasteiger partial charge on any atom is 0.133 e. The lowest BCUT2D eigenvalue weighted by molar-refractivity contribution is 0.917. The van der Waals surface area contributed by atoms with Crippen molar-refractivity contribution in [2.45, 2.75) is 49.8 Å². The predicted molar refractivity (Wildman–Crippen MR) is 109 cm³/mol. The molecule has 1 aromatic heterocycles. The minimum absolute atomic E-state index is 0.634. The summed E-state index contributed by atoms with van der Waals surface area (Å²) in [7, 11) is 4.15. The molecule has 4 heteroatoms. The Morgan fingerprint density at radius 1 is 1.24 bits per heavy atom. The molecule has 0 radical (unpaired) electrons. The zero-order valence-corrected chi connectivity index (χ0v) is 16.4. The second-order valence-electron chi connectivity index (χ2n) is 6.99. The van der Waals surface area contributed by atoms with Crippen LogP contribution in [-0.4, -0.2) is 25.3 Å². The van der Waals surface area contributed by atoms with E-state index >= 15 is 0 Å². The lowest BCUT2D eigenvalue weighted by Crippen LogP contribution is -2.17. The first-order chi connectivity index (χ1) is 12.0. The Kier molecular flexibility index (Phi) is 5.48. The van der Waals surface area contributed by atoms with Crippen LogP contribution < -0.4 is 4.90 Å². The molecule has 0 aliphatic heterocycles. The van der Waals surface area contributed by atoms with Crippen molar-refractivity contribution >= 4 is 23.8 Å². The number of hydrogen-bond donors (Lipinski definition) is 1. The number of aromatic nitrogens is 1. The van der Waals surface area contributed by atoms with Crippen molar-refractivity contribution in [1.82, 2.24) is 4.98 Å². The summed E-state index contributed by atoms with van der Waals surface area (Å²) in [5.41, 5.74) is 6.30. The Labute approximate surface area is 155 Å². The zero-order valence-electron chi connectivity index (χ0n) is 15.6. The minimum Gasteiger partial charge on any atom is -0.362 e. The fraction of sp³-hybridized carbons (Fsp3) is 0.429. The van der Waals surface area contributed by atoms with Gasteiger partial charge in [0.25, 0.3) is 0 Å². The van der Waals surface area contributed by atoms with Gasteiger partial charge in [0.15, 0.2) is 0 Å². The third kappa shape index (κ3) is 3.90. The summed E-state index contributed by atoms with van der Waals surface area (Å²) in [6.07, 6.45) is 4.97. The fourth-order valence-electron chi connectivity index (χ4n) is 3.24. The van der Waals surface area contributed by atoms with E-state index in [1.165, 1.54) is 41.3 Å². The Morgan fingerprint density at radius 2 is 1.92 bits per heavy atom. The second kappa shape index (κ2) is 7.61. The van der Waals surface area contributed by atoms with Gasteiger partial charge in [-0.15, -0.1) is 11.8 Å². The third-order valence-electron chi connectivity index (χ3n) is 4.73. The third-order valence-corrected chi connectivity index (χ3v) is 5.79. The summed E-state index contributed by atoms with van der Waals surface area (Å²) in [4.78, 5) is 7.12. The Balaban J connectivity index is 1.98. The fourth-order valence-corrected chi connectivity index (χ4v) is 4.23. The first-order valence-electron chi connectivity index (χ1n) is 8.98. The van der Waals surface area contributed by atoms with Crippen LogP contribution in [0.1, 0.15) is 53.5 Å². The molecule has 2 aromatic rings. The van der Waals surface area contributed by atoms with Gasteiger partial charge >= 0.3 is 0 Å². The van der Waals surface area contributed by atoms with Crippen molar-refractivity contribution in [3.8, 4) is 0 Å². The van der Waals surface area contributed by atoms with Crippen molar-refractivity contribution in [3.05, 3.63) is 52.1 Å². The number of anilines is 1. The van der Waals surface area contributed by atoms with E-state index in [1.807, 2.05) is 0 Å². The molecule has 0 atom stereocenters. The van der Waals surface area contributed by atoms with E-state index in [2.05, 4.69) is 57.1 Å². The molecule has 0 spiro atoms. The van der Waals surface area contributed by atoms with E-state index in [0.29, 0.717) is 5.92 Å². The average molecular weight is 354 g/mol. The van der Waals surface area contributed by atoms with E-state index in [0.717, 1.165) is 28.6 Å². The molecule has 1 aromatic carbocycles. The Hall–Kier alpha value is -1.81. The van der Waals surface area contributed by atoms with E-state index in [-0.39, 0.29) is 0 Å². The molecule has 0 saturated heterocycles. The molecular weight excluding hydrogens is 326 g/mol. The van der Waals surface area contributed by atoms with Gasteiger partial charge in [-0.2, -0.15) is 0 Å². The van der Waals surface area contributed by atoms with Crippen LogP contribution in [0.25, 0.3) is 0 Å². The van der Waals surface area contributed by atoms with E-state index < -0.39 is 0 Å². The molecule has 1 N–H and O–H groups in total. The molecule has 1 heterocycles. The first kappa shape index (κ1) is 18.0. The predicted octanol–water partition coefficient (Wildman–Crippen LogP) is 5.19. The smallest absolute Gasteiger partial charge is 0.133 e. The van der Waals surface area contributed by atoms with Gasteiger partial charge in [-0.25, -0.2) is 4.98 Å². The first-order valence-corrected chi connectivity index (χ1v) is 9.96. The second-order valence-corrected chi connectivity index (χ2v) is 7.95. The maximum atomic E-state index is 7.98. The van der Waals surface area contributed by atoms with Gasteiger partial charge < -0.3 is 10.3 Å². The molecule has 1 fully saturated rings. The molecule has 132 valence electrons. The number of pyridine rings is 1. The molecular formula is C21H27N3S. The van der Waals surface area contributed by atoms with Gasteiger partial charge in [0.05, 0.1) is 0 Å². The summed E-state index contributed by atoms with van der Waals surface area (Å²) in [6, 6.07) is 8.66. The highest BCUT2D eigenvalue weighted by Gasteiger charge is 2.32. The standard InChI is InChI=1S/C21H27N3S/c1-5-17-18(12-22)21(25-13-15-8-6-14(2)7-9-15)23-20(24(3)4)19(17)16-10-11-16/h6-9,12,16,22H,5,10-11,13H2,1-4H3. The van der Waals surface area contributed by atoms with E-state index in [9.17, 15) is 0 Å². The molecule has 1 saturated carbocycles. The number of hydrogen-bond acceptors (Lipinski definition) is 4. The quantitative estimate of drug-likeness (QED) is 0.550. The van der Waals surface area contributed by atoms with Crippen molar-refractivity contribution < 1.29 is 0 Å². The number of thioether (sulfide) groups is 1. The Bertz CT molecular complexity index is 762. The minimum atomic E-state index is 0.634. The number of nitrogens with one attached hydrogen (secondary N) is 1. The van der Waals surface area contributed by atoms with Crippen LogP contribution in [0.2, 0.25) is 0 Å². The summed E-state index contributed by atoms with van der Waals surface area (Å²) in [5.74, 6) is 2.61. The van der Waals surface area contributed by atoms with E-state index in [4.69, 9.17) is 10.4 Å². The summed E-state index contributed by atoms with van der Waals surface area (Å²) < 4.78 is 0. The molecule has 25 heavy (non-hydrogen) atoms. The topological polar surface area (TPSA) is 40.0 Å². The molecule has 0 unspecified atom stereocenters. The van der Waals surface area contributed by atoms with Gasteiger partial charge in [0.2, 0.25) is 0 Å². The van der Waals surface area contributed by atoms with Gasteiger partial charge in [0.1, 0.15) is 10.8 Å². The lowest BCUT2D eigenvalue weighted by atomic mass is 9.97. The van der Waals surface area contributed by atoms with Crippen LogP contribution in [0.5, 0.6) is 0 Å². The van der Waals surface area contributed by atoms with Crippen molar-refractivity contribution in [2.75, 3.05) is 19.0 Å². The zero-order chi connectivity index (χ0) is 18.0. The van der Waals surface area contributed by atoms with Crippen molar-refractivity contribution in [2.24, 2.45) is 0 Å². The van der Waals surface area contributed by atoms with Gasteiger partial charge in [-0.05, 0) is 43.2 Å². The molecule has 3 rings (SSSR count). The van der Waals surface area contributed by atoms with Crippen molar-refractivity contribution in [1.29, 1.82) is 5.41 Å². The average Bonchev–Trinajstić information content (AvgIpc) is 3.44. The maximum absolute atomic E-state index is 7.98. The monoisotopic (exact) mass is 353 g/mol. The normalized spacial score (nSPS) is 13.8. The van der Waals surface area contributed by atoms with Crippen LogP contribution >= 0.6 is 11.8 Å². The van der Waals surface area contributed by atoms with Crippen molar-refractivity contribution in [3.63, 3.8) is 0 Å². The molecule has 3 nitrogen and oxygen atoms in total. The molecule has 0 bridgehead atoms. The summed E-state index contributed by atoms with van der Waals surface area (Å²) >= 11 is 1.74. The SMILES string of the molecule is CCc1c(C=N)c(SCc2ccc(C)cc2)nc(N(C)C)c1C1CC1. The highest BCUT2D eigenvalue weighted by Crippen LogP contribution is 2.47. The van der Waals surface area contributed by atoms with Crippen LogP contribution in [-0.2, 0) is 12.2 Å². The lowest BCUT2D eigenvalue weighted by Gasteiger charge is -2.22. The highest BCUT2D eigenvalue weighted by atomic mass is 32.2. The number of aryl methyl sites for hydroxylation is 1. The molecule has 0 amide bonds. The number of rotatable bonds is 7. The summed E-state index contributed by atoms with van der Waals surface area (Å²) in [5, 5.41) is 8.97. The molecule has 1 aliphatic carbocycles. The van der Waals surface area contributed by atoms with Crippen LogP contribution in [0.4, 0.5) is 5.82 Å². The van der Waals surface area contributed by atoms with E-state index in [1.54, 1.807) is 11.8 Å². The highest BCUT2D eigenvalue weighted by molar-refractivity contribution is 7.98. The molecule has 1 aliphatic rings. The van der Waals surface area contributed by atoms with Crippen LogP contribution in [0.15, 0.2) is 29.3 Å². The van der Waals surface area contributed by atoms with Gasteiger partial charge in [-0.3, -0.25) is 0 Å².